The molecule has 0 aliphatic carbocycles. The summed E-state index contributed by atoms with van der Waals surface area (Å²) in [4.78, 5) is 41.9. The van der Waals surface area contributed by atoms with Crippen molar-refractivity contribution in [3.05, 3.63) is 105 Å². The van der Waals surface area contributed by atoms with E-state index >= 15 is 0 Å². The van der Waals surface area contributed by atoms with Crippen molar-refractivity contribution in [2.24, 2.45) is 4.99 Å². The van der Waals surface area contributed by atoms with Gasteiger partial charge in [-0.25, -0.2) is 4.98 Å². The molecule has 5 aromatic rings. The van der Waals surface area contributed by atoms with Crippen molar-refractivity contribution in [1.82, 2.24) is 24.6 Å². The number of nitrogens with zero attached hydrogens (tertiary/aromatic N) is 7. The number of anilines is 2. The topological polar surface area (TPSA) is 109 Å². The number of halogens is 1. The minimum absolute atomic E-state index is 0.0181. The molecule has 8 rings (SSSR count). The number of rotatable bonds is 5. The molecule has 12 heteroatoms. The molecule has 254 valence electrons. The first kappa shape index (κ1) is 32.3. The molecule has 0 bridgehead atoms. The second-order valence-corrected chi connectivity index (χ2v) is 14.8. The quantitative estimate of drug-likeness (QED) is 0.214. The lowest BCUT2D eigenvalue weighted by Gasteiger charge is -2.33. The molecular formula is C38H37ClN8O2S. The fraction of sp³-hybridized carbons (Fsp3) is 0.316. The van der Waals surface area contributed by atoms with Crippen molar-refractivity contribution >= 4 is 52.0 Å². The van der Waals surface area contributed by atoms with E-state index in [0.29, 0.717) is 36.9 Å². The maximum Gasteiger partial charge on any atom is 0.228 e. The zero-order valence-electron chi connectivity index (χ0n) is 28.2. The first-order chi connectivity index (χ1) is 24.2. The van der Waals surface area contributed by atoms with Gasteiger partial charge in [-0.05, 0) is 86.7 Å². The standard InChI is InChI=1S/C38H37ClN8O2S/c1-22-23(2)50-38-34(22)35(25-8-11-28(39)12-9-25)42-31(37-44-43-24(3)47(37)38)21-33(49)45-15-4-5-16-46(18-17-45)36-29(7-6-14-40-36)26-10-13-30-27(19-26)20-32(48)41-30/h6-14,19,31H,4-5,15-18,20-21H2,1-3H3,(H,41,48)/t31-/m0/s1. The maximum atomic E-state index is 14.3. The van der Waals surface area contributed by atoms with E-state index in [2.05, 4.69) is 51.0 Å². The predicted octanol–water partition coefficient (Wildman–Crippen LogP) is 6.88. The molecule has 1 N–H and O–H groups in total. The molecule has 1 fully saturated rings. The molecule has 2 aromatic carbocycles. The summed E-state index contributed by atoms with van der Waals surface area (Å²) in [5, 5.41) is 13.7. The number of hydrogen-bond acceptors (Lipinski definition) is 8. The molecule has 2 amide bonds. The van der Waals surface area contributed by atoms with Gasteiger partial charge in [0, 0.05) is 64.7 Å². The van der Waals surface area contributed by atoms with Crippen LogP contribution in [0.3, 0.4) is 0 Å². The number of thiophene rings is 1. The number of nitrogens with one attached hydrogen (secondary N) is 1. The summed E-state index contributed by atoms with van der Waals surface area (Å²) in [6, 6.07) is 17.4. The van der Waals surface area contributed by atoms with Gasteiger partial charge in [-0.15, -0.1) is 21.5 Å². The van der Waals surface area contributed by atoms with Crippen LogP contribution in [0.2, 0.25) is 5.02 Å². The third-order valence-electron chi connectivity index (χ3n) is 9.95. The Morgan fingerprint density at radius 3 is 2.62 bits per heavy atom. The molecule has 3 aromatic heterocycles. The molecule has 0 saturated carbocycles. The average Bonchev–Trinajstić information content (AvgIpc) is 3.73. The van der Waals surface area contributed by atoms with Crippen molar-refractivity contribution in [1.29, 1.82) is 0 Å². The van der Waals surface area contributed by atoms with Gasteiger partial charge in [0.2, 0.25) is 11.8 Å². The smallest absolute Gasteiger partial charge is 0.228 e. The van der Waals surface area contributed by atoms with E-state index in [-0.39, 0.29) is 18.2 Å². The van der Waals surface area contributed by atoms with Crippen molar-refractivity contribution in [2.45, 2.75) is 52.5 Å². The molecule has 0 spiro atoms. The lowest BCUT2D eigenvalue weighted by molar-refractivity contribution is -0.131. The highest BCUT2D eigenvalue weighted by atomic mass is 35.5. The Morgan fingerprint density at radius 1 is 0.980 bits per heavy atom. The molecule has 50 heavy (non-hydrogen) atoms. The van der Waals surface area contributed by atoms with Gasteiger partial charge in [-0.2, -0.15) is 0 Å². The fourth-order valence-electron chi connectivity index (χ4n) is 7.23. The Hall–Kier alpha value is -4.87. The molecular weight excluding hydrogens is 668 g/mol. The largest absolute Gasteiger partial charge is 0.354 e. The SMILES string of the molecule is Cc1sc2c(c1C)C(c1ccc(Cl)cc1)=N[C@@H](CC(=O)N1CCCCN(c3ncccc3-c3ccc4c(c3)CC(=O)N4)CC1)c1nnc(C)n1-2. The van der Waals surface area contributed by atoms with Gasteiger partial charge in [0.25, 0.3) is 0 Å². The lowest BCUT2D eigenvalue weighted by Crippen LogP contribution is -2.42. The van der Waals surface area contributed by atoms with Gasteiger partial charge >= 0.3 is 0 Å². The van der Waals surface area contributed by atoms with Gasteiger partial charge in [0.1, 0.15) is 22.7 Å². The molecule has 0 radical (unpaired) electrons. The van der Waals surface area contributed by atoms with Gasteiger partial charge < -0.3 is 15.1 Å². The monoisotopic (exact) mass is 704 g/mol. The van der Waals surface area contributed by atoms with Crippen molar-refractivity contribution in [3.63, 3.8) is 0 Å². The Balaban J connectivity index is 1.07. The molecule has 0 unspecified atom stereocenters. The first-order valence-electron chi connectivity index (χ1n) is 17.0. The fourth-order valence-corrected chi connectivity index (χ4v) is 8.57. The highest BCUT2D eigenvalue weighted by Gasteiger charge is 2.34. The summed E-state index contributed by atoms with van der Waals surface area (Å²) >= 11 is 7.99. The van der Waals surface area contributed by atoms with Crippen molar-refractivity contribution in [3.8, 4) is 16.1 Å². The van der Waals surface area contributed by atoms with E-state index in [0.717, 1.165) is 80.8 Å². The van der Waals surface area contributed by atoms with Crippen LogP contribution in [-0.2, 0) is 16.0 Å². The maximum absolute atomic E-state index is 14.3. The third-order valence-corrected chi connectivity index (χ3v) is 11.4. The normalized spacial score (nSPS) is 17.2. The van der Waals surface area contributed by atoms with E-state index < -0.39 is 6.04 Å². The molecule has 1 atom stereocenters. The number of amides is 2. The lowest BCUT2D eigenvalue weighted by atomic mass is 9.99. The predicted molar refractivity (Wildman–Crippen MR) is 198 cm³/mol. The zero-order chi connectivity index (χ0) is 34.5. The van der Waals surface area contributed by atoms with Crippen LogP contribution >= 0.6 is 22.9 Å². The van der Waals surface area contributed by atoms with E-state index in [1.165, 1.54) is 4.88 Å². The summed E-state index contributed by atoms with van der Waals surface area (Å²) in [5.41, 5.74) is 7.92. The summed E-state index contributed by atoms with van der Waals surface area (Å²) in [6.45, 7) is 8.95. The van der Waals surface area contributed by atoms with Crippen LogP contribution in [-0.4, -0.2) is 68.4 Å². The molecule has 3 aliphatic heterocycles. The van der Waals surface area contributed by atoms with E-state index in [1.807, 2.05) is 60.5 Å². The highest BCUT2D eigenvalue weighted by Crippen LogP contribution is 2.40. The van der Waals surface area contributed by atoms with E-state index in [9.17, 15) is 9.59 Å². The van der Waals surface area contributed by atoms with Crippen LogP contribution in [0.5, 0.6) is 0 Å². The number of aromatic nitrogens is 4. The Kier molecular flexibility index (Phi) is 8.48. The van der Waals surface area contributed by atoms with Gasteiger partial charge in [0.05, 0.1) is 18.6 Å². The molecule has 3 aliphatic rings. The number of aryl methyl sites for hydroxylation is 2. The average molecular weight is 705 g/mol. The summed E-state index contributed by atoms with van der Waals surface area (Å²) < 4.78 is 2.09. The molecule has 6 heterocycles. The van der Waals surface area contributed by atoms with Crippen LogP contribution < -0.4 is 10.2 Å². The van der Waals surface area contributed by atoms with Crippen molar-refractivity contribution < 1.29 is 9.59 Å². The van der Waals surface area contributed by atoms with Crippen LogP contribution in [0.4, 0.5) is 11.5 Å². The number of carbonyl (C=O) groups excluding carboxylic acids is 2. The summed E-state index contributed by atoms with van der Waals surface area (Å²) in [6.07, 6.45) is 4.19. The number of pyridine rings is 1. The van der Waals surface area contributed by atoms with E-state index in [4.69, 9.17) is 21.6 Å². The van der Waals surface area contributed by atoms with E-state index in [1.54, 1.807) is 11.3 Å². The van der Waals surface area contributed by atoms with Crippen LogP contribution in [0, 0.1) is 20.8 Å². The Bertz CT molecular complexity index is 2170. The zero-order valence-corrected chi connectivity index (χ0v) is 29.8. The Labute approximate surface area is 299 Å². The minimum Gasteiger partial charge on any atom is -0.354 e. The van der Waals surface area contributed by atoms with Crippen LogP contribution in [0.1, 0.15) is 64.1 Å². The second-order valence-electron chi connectivity index (χ2n) is 13.2. The highest BCUT2D eigenvalue weighted by molar-refractivity contribution is 7.15. The van der Waals surface area contributed by atoms with Crippen LogP contribution in [0.15, 0.2) is 65.8 Å². The number of fused-ring (bicyclic) bond motifs is 4. The first-order valence-corrected chi connectivity index (χ1v) is 18.2. The van der Waals surface area contributed by atoms with Gasteiger partial charge in [-0.1, -0.05) is 29.8 Å². The number of benzene rings is 2. The minimum atomic E-state index is -0.515. The summed E-state index contributed by atoms with van der Waals surface area (Å²) in [5.74, 6) is 2.40. The molecule has 1 saturated heterocycles. The second kappa shape index (κ2) is 13.1. The number of hydrogen-bond donors (Lipinski definition) is 1. The van der Waals surface area contributed by atoms with Crippen molar-refractivity contribution in [2.75, 3.05) is 36.4 Å². The Morgan fingerprint density at radius 2 is 1.78 bits per heavy atom. The number of aliphatic imine (C=N–C) groups is 1. The van der Waals surface area contributed by atoms with Gasteiger partial charge in [0.15, 0.2) is 5.82 Å². The van der Waals surface area contributed by atoms with Crippen LogP contribution in [0.25, 0.3) is 16.1 Å². The number of carbonyl (C=O) groups is 2. The van der Waals surface area contributed by atoms with Gasteiger partial charge in [-0.3, -0.25) is 19.1 Å². The summed E-state index contributed by atoms with van der Waals surface area (Å²) in [7, 11) is 0. The molecule has 10 nitrogen and oxygen atoms in total. The third kappa shape index (κ3) is 5.88.